The Morgan fingerprint density at radius 2 is 1.82 bits per heavy atom. The molecule has 1 aromatic carbocycles. The molecule has 0 aliphatic heterocycles. The van der Waals surface area contributed by atoms with E-state index in [0.29, 0.717) is 5.95 Å². The van der Waals surface area contributed by atoms with Crippen LogP contribution in [0.15, 0.2) is 47.2 Å². The molecule has 0 fully saturated rings. The van der Waals surface area contributed by atoms with Crippen LogP contribution in [-0.2, 0) is 4.79 Å². The van der Waals surface area contributed by atoms with Crippen molar-refractivity contribution in [1.82, 2.24) is 9.97 Å². The number of rotatable bonds is 2. The molecule has 0 unspecified atom stereocenters. The molecule has 1 heterocycles. The van der Waals surface area contributed by atoms with Gasteiger partial charge < -0.3 is 0 Å². The molecule has 17 heavy (non-hydrogen) atoms. The molecule has 0 atom stereocenters. The van der Waals surface area contributed by atoms with Crippen molar-refractivity contribution in [2.75, 3.05) is 4.90 Å². The van der Waals surface area contributed by atoms with Crippen LogP contribution in [0.4, 0.5) is 11.6 Å². The number of anilines is 2. The van der Waals surface area contributed by atoms with Crippen molar-refractivity contribution in [3.63, 3.8) is 0 Å². The molecule has 0 saturated carbocycles. The van der Waals surface area contributed by atoms with E-state index in [1.807, 2.05) is 24.3 Å². The van der Waals surface area contributed by atoms with Crippen LogP contribution in [0, 0.1) is 0 Å². The fourth-order valence-corrected chi connectivity index (χ4v) is 1.92. The predicted octanol–water partition coefficient (Wildman–Crippen LogP) is 2.92. The summed E-state index contributed by atoms with van der Waals surface area (Å²) in [5.41, 5.74) is 0.728. The number of halogens is 1. The SMILES string of the molecule is CC(=O)N(c1ncccn1)c1ccccc1Br. The predicted molar refractivity (Wildman–Crippen MR) is 69.0 cm³/mol. The van der Waals surface area contributed by atoms with Gasteiger partial charge in [0.2, 0.25) is 11.9 Å². The van der Waals surface area contributed by atoms with Crippen LogP contribution in [0.5, 0.6) is 0 Å². The smallest absolute Gasteiger partial charge is 0.236 e. The minimum absolute atomic E-state index is 0.136. The van der Waals surface area contributed by atoms with Crippen LogP contribution in [-0.4, -0.2) is 15.9 Å². The van der Waals surface area contributed by atoms with E-state index in [9.17, 15) is 4.79 Å². The normalized spacial score (nSPS) is 10.0. The first-order chi connectivity index (χ1) is 8.20. The molecular weight excluding hydrogens is 282 g/mol. The van der Waals surface area contributed by atoms with Crippen LogP contribution in [0.1, 0.15) is 6.92 Å². The van der Waals surface area contributed by atoms with Gasteiger partial charge in [-0.3, -0.25) is 4.79 Å². The molecule has 0 aliphatic carbocycles. The van der Waals surface area contributed by atoms with Crippen molar-refractivity contribution >= 4 is 33.5 Å². The average Bonchev–Trinajstić information content (AvgIpc) is 2.33. The van der Waals surface area contributed by atoms with Crippen LogP contribution in [0.2, 0.25) is 0 Å². The van der Waals surface area contributed by atoms with Gasteiger partial charge in [-0.1, -0.05) is 12.1 Å². The third-order valence-electron chi connectivity index (χ3n) is 2.16. The monoisotopic (exact) mass is 291 g/mol. The summed E-state index contributed by atoms with van der Waals surface area (Å²) in [7, 11) is 0. The summed E-state index contributed by atoms with van der Waals surface area (Å²) in [5, 5.41) is 0. The number of carbonyl (C=O) groups is 1. The Morgan fingerprint density at radius 3 is 2.41 bits per heavy atom. The summed E-state index contributed by atoms with van der Waals surface area (Å²) in [5.74, 6) is 0.231. The van der Waals surface area contributed by atoms with Gasteiger partial charge in [0.05, 0.1) is 5.69 Å². The lowest BCUT2D eigenvalue weighted by Crippen LogP contribution is -2.25. The highest BCUT2D eigenvalue weighted by molar-refractivity contribution is 9.10. The van der Waals surface area contributed by atoms with Gasteiger partial charge in [-0.05, 0) is 34.1 Å². The van der Waals surface area contributed by atoms with Crippen LogP contribution in [0.25, 0.3) is 0 Å². The summed E-state index contributed by atoms with van der Waals surface area (Å²) in [6.45, 7) is 1.48. The standard InChI is InChI=1S/C12H10BrN3O/c1-9(17)16(12-14-7-4-8-15-12)11-6-3-2-5-10(11)13/h2-8H,1H3. The van der Waals surface area contributed by atoms with E-state index in [4.69, 9.17) is 0 Å². The first-order valence-corrected chi connectivity index (χ1v) is 5.81. The van der Waals surface area contributed by atoms with Crippen molar-refractivity contribution in [1.29, 1.82) is 0 Å². The Bertz CT molecular complexity index is 530. The third kappa shape index (κ3) is 2.50. The van der Waals surface area contributed by atoms with Gasteiger partial charge >= 0.3 is 0 Å². The van der Waals surface area contributed by atoms with Crippen LogP contribution < -0.4 is 4.90 Å². The Kier molecular flexibility index (Phi) is 3.49. The molecule has 0 spiro atoms. The van der Waals surface area contributed by atoms with E-state index < -0.39 is 0 Å². The Labute approximate surface area is 107 Å². The van der Waals surface area contributed by atoms with Crippen LogP contribution in [0.3, 0.4) is 0 Å². The summed E-state index contributed by atoms with van der Waals surface area (Å²) in [6.07, 6.45) is 3.21. The van der Waals surface area contributed by atoms with E-state index in [1.54, 1.807) is 18.5 Å². The number of amides is 1. The van der Waals surface area contributed by atoms with Gasteiger partial charge in [0.25, 0.3) is 0 Å². The molecular formula is C12H10BrN3O. The first-order valence-electron chi connectivity index (χ1n) is 5.02. The lowest BCUT2D eigenvalue weighted by molar-refractivity contribution is -0.115. The van der Waals surface area contributed by atoms with E-state index in [2.05, 4.69) is 25.9 Å². The molecule has 1 aromatic heterocycles. The maximum absolute atomic E-state index is 11.7. The maximum Gasteiger partial charge on any atom is 0.236 e. The van der Waals surface area contributed by atoms with E-state index in [-0.39, 0.29) is 5.91 Å². The second kappa shape index (κ2) is 5.05. The molecule has 4 nitrogen and oxygen atoms in total. The summed E-state index contributed by atoms with van der Waals surface area (Å²) in [6, 6.07) is 9.16. The quantitative estimate of drug-likeness (QED) is 0.855. The molecule has 1 amide bonds. The van der Waals surface area contributed by atoms with Crippen molar-refractivity contribution in [3.8, 4) is 0 Å². The Morgan fingerprint density at radius 1 is 1.18 bits per heavy atom. The van der Waals surface area contributed by atoms with Crippen LogP contribution >= 0.6 is 15.9 Å². The number of para-hydroxylation sites is 1. The van der Waals surface area contributed by atoms with Crippen molar-refractivity contribution in [2.24, 2.45) is 0 Å². The number of benzene rings is 1. The minimum Gasteiger partial charge on any atom is -0.274 e. The van der Waals surface area contributed by atoms with Crippen molar-refractivity contribution in [3.05, 3.63) is 47.2 Å². The molecule has 0 saturated heterocycles. The highest BCUT2D eigenvalue weighted by Gasteiger charge is 2.18. The molecule has 86 valence electrons. The van der Waals surface area contributed by atoms with Gasteiger partial charge in [0.1, 0.15) is 0 Å². The molecule has 2 aromatic rings. The fourth-order valence-electron chi connectivity index (χ4n) is 1.46. The van der Waals surface area contributed by atoms with E-state index >= 15 is 0 Å². The molecule has 0 bridgehead atoms. The first kappa shape index (κ1) is 11.7. The zero-order chi connectivity index (χ0) is 12.3. The topological polar surface area (TPSA) is 46.1 Å². The van der Waals surface area contributed by atoms with Gasteiger partial charge in [-0.25, -0.2) is 14.9 Å². The molecule has 0 radical (unpaired) electrons. The number of hydrogen-bond donors (Lipinski definition) is 0. The van der Waals surface area contributed by atoms with Gasteiger partial charge in [0.15, 0.2) is 0 Å². The summed E-state index contributed by atoms with van der Waals surface area (Å²) >= 11 is 3.41. The highest BCUT2D eigenvalue weighted by atomic mass is 79.9. The maximum atomic E-state index is 11.7. The molecule has 0 N–H and O–H groups in total. The Hall–Kier alpha value is -1.75. The number of hydrogen-bond acceptors (Lipinski definition) is 3. The van der Waals surface area contributed by atoms with E-state index in [1.165, 1.54) is 11.8 Å². The van der Waals surface area contributed by atoms with Gasteiger partial charge in [-0.2, -0.15) is 0 Å². The average molecular weight is 292 g/mol. The number of nitrogens with zero attached hydrogens (tertiary/aromatic N) is 3. The molecule has 2 rings (SSSR count). The van der Waals surface area contributed by atoms with Crippen molar-refractivity contribution in [2.45, 2.75) is 6.92 Å². The van der Waals surface area contributed by atoms with E-state index in [0.717, 1.165) is 10.2 Å². The fraction of sp³-hybridized carbons (Fsp3) is 0.0833. The lowest BCUT2D eigenvalue weighted by Gasteiger charge is -2.19. The minimum atomic E-state index is -0.136. The molecule has 0 aliphatic rings. The highest BCUT2D eigenvalue weighted by Crippen LogP contribution is 2.29. The third-order valence-corrected chi connectivity index (χ3v) is 2.83. The zero-order valence-electron chi connectivity index (χ0n) is 9.17. The molecule has 5 heteroatoms. The summed E-state index contributed by atoms with van der Waals surface area (Å²) in [4.78, 5) is 21.4. The lowest BCUT2D eigenvalue weighted by atomic mass is 10.3. The van der Waals surface area contributed by atoms with Gasteiger partial charge in [0, 0.05) is 23.8 Å². The zero-order valence-corrected chi connectivity index (χ0v) is 10.8. The largest absolute Gasteiger partial charge is 0.274 e. The van der Waals surface area contributed by atoms with Crippen molar-refractivity contribution < 1.29 is 4.79 Å². The number of carbonyl (C=O) groups excluding carboxylic acids is 1. The second-order valence-electron chi connectivity index (χ2n) is 3.35. The summed E-state index contributed by atoms with van der Waals surface area (Å²) < 4.78 is 0.822. The van der Waals surface area contributed by atoms with Gasteiger partial charge in [-0.15, -0.1) is 0 Å². The number of aromatic nitrogens is 2. The second-order valence-corrected chi connectivity index (χ2v) is 4.21. The Balaban J connectivity index is 2.51.